The molecule has 4 rings (SSSR count). The fourth-order valence-corrected chi connectivity index (χ4v) is 3.93. The second-order valence-corrected chi connectivity index (χ2v) is 6.97. The fraction of sp³-hybridized carbons (Fsp3) is 0.273. The average Bonchev–Trinajstić information content (AvgIpc) is 3.12. The predicted octanol–water partition coefficient (Wildman–Crippen LogP) is 4.29. The molecule has 138 valence electrons. The van der Waals surface area contributed by atoms with Crippen LogP contribution < -0.4 is 0 Å². The van der Waals surface area contributed by atoms with Gasteiger partial charge in [0, 0.05) is 36.7 Å². The molecule has 1 atom stereocenters. The zero-order valence-corrected chi connectivity index (χ0v) is 15.3. The van der Waals surface area contributed by atoms with Gasteiger partial charge in [-0.3, -0.25) is 9.89 Å². The molecule has 1 aromatic heterocycles. The minimum atomic E-state index is -0.269. The maximum absolute atomic E-state index is 13.3. The van der Waals surface area contributed by atoms with Crippen molar-refractivity contribution in [2.75, 3.05) is 6.54 Å². The van der Waals surface area contributed by atoms with E-state index in [2.05, 4.69) is 22.3 Å². The van der Waals surface area contributed by atoms with Crippen LogP contribution in [0.4, 0.5) is 4.39 Å². The van der Waals surface area contributed by atoms with E-state index in [1.54, 1.807) is 19.1 Å². The number of carbonyl (C=O) groups excluding carboxylic acids is 1. The minimum absolute atomic E-state index is 0.0368. The lowest BCUT2D eigenvalue weighted by Gasteiger charge is -2.35. The molecular weight excluding hydrogens is 341 g/mol. The number of nitrogens with one attached hydrogen (secondary N) is 1. The molecule has 3 aromatic rings. The molecule has 1 aliphatic heterocycles. The van der Waals surface area contributed by atoms with Crippen LogP contribution in [0.5, 0.6) is 0 Å². The number of aryl methyl sites for hydroxylation is 1. The van der Waals surface area contributed by atoms with Crippen LogP contribution in [0, 0.1) is 5.82 Å². The number of nitrogens with zero attached hydrogens (tertiary/aromatic N) is 2. The lowest BCUT2D eigenvalue weighted by atomic mass is 9.89. The van der Waals surface area contributed by atoms with Gasteiger partial charge in [0.25, 0.3) is 0 Å². The molecule has 0 saturated carbocycles. The highest BCUT2D eigenvalue weighted by Gasteiger charge is 2.33. The topological polar surface area (TPSA) is 49.0 Å². The SMILES string of the molecule is CC(=O)N1CCc2[nH]nc(-c3ccc(F)cc3)c2C1CCc1ccccc1. The van der Waals surface area contributed by atoms with Gasteiger partial charge in [-0.25, -0.2) is 4.39 Å². The van der Waals surface area contributed by atoms with E-state index < -0.39 is 0 Å². The van der Waals surface area contributed by atoms with Gasteiger partial charge < -0.3 is 4.90 Å². The zero-order valence-electron chi connectivity index (χ0n) is 15.3. The lowest BCUT2D eigenvalue weighted by molar-refractivity contribution is -0.131. The normalized spacial score (nSPS) is 16.2. The van der Waals surface area contributed by atoms with E-state index in [-0.39, 0.29) is 17.8 Å². The van der Waals surface area contributed by atoms with Gasteiger partial charge in [-0.2, -0.15) is 5.10 Å². The van der Waals surface area contributed by atoms with Crippen LogP contribution in [0.2, 0.25) is 0 Å². The lowest BCUT2D eigenvalue weighted by Crippen LogP contribution is -2.39. The first kappa shape index (κ1) is 17.5. The van der Waals surface area contributed by atoms with E-state index in [4.69, 9.17) is 0 Å². The highest BCUT2D eigenvalue weighted by molar-refractivity contribution is 5.75. The highest BCUT2D eigenvalue weighted by Crippen LogP contribution is 2.38. The molecular formula is C22H22FN3O. The van der Waals surface area contributed by atoms with Gasteiger partial charge in [0.2, 0.25) is 5.91 Å². The number of fused-ring (bicyclic) bond motifs is 1. The third-order valence-electron chi connectivity index (χ3n) is 5.27. The van der Waals surface area contributed by atoms with Crippen LogP contribution in [0.15, 0.2) is 54.6 Å². The molecule has 2 heterocycles. The van der Waals surface area contributed by atoms with Gasteiger partial charge in [-0.1, -0.05) is 30.3 Å². The number of rotatable bonds is 4. The van der Waals surface area contributed by atoms with Crippen LogP contribution >= 0.6 is 0 Å². The Morgan fingerprint density at radius 1 is 1.19 bits per heavy atom. The number of benzene rings is 2. The quantitative estimate of drug-likeness (QED) is 0.751. The third kappa shape index (κ3) is 3.50. The average molecular weight is 363 g/mol. The van der Waals surface area contributed by atoms with E-state index in [1.807, 2.05) is 23.1 Å². The summed E-state index contributed by atoms with van der Waals surface area (Å²) in [5.41, 5.74) is 5.07. The van der Waals surface area contributed by atoms with Crippen molar-refractivity contribution in [3.8, 4) is 11.3 Å². The highest BCUT2D eigenvalue weighted by atomic mass is 19.1. The Hall–Kier alpha value is -2.95. The maximum atomic E-state index is 13.3. The molecule has 27 heavy (non-hydrogen) atoms. The van der Waals surface area contributed by atoms with E-state index in [9.17, 15) is 9.18 Å². The Morgan fingerprint density at radius 2 is 1.93 bits per heavy atom. The van der Waals surface area contributed by atoms with Crippen molar-refractivity contribution in [3.05, 3.63) is 77.2 Å². The van der Waals surface area contributed by atoms with Gasteiger partial charge >= 0.3 is 0 Å². The van der Waals surface area contributed by atoms with Crippen LogP contribution in [0.1, 0.15) is 36.2 Å². The summed E-state index contributed by atoms with van der Waals surface area (Å²) in [6.07, 6.45) is 2.46. The van der Waals surface area contributed by atoms with Crippen molar-refractivity contribution in [3.63, 3.8) is 0 Å². The largest absolute Gasteiger partial charge is 0.335 e. The molecule has 1 unspecified atom stereocenters. The summed E-state index contributed by atoms with van der Waals surface area (Å²) in [4.78, 5) is 14.2. The molecule has 0 spiro atoms. The van der Waals surface area contributed by atoms with Crippen molar-refractivity contribution in [2.24, 2.45) is 0 Å². The van der Waals surface area contributed by atoms with Gasteiger partial charge in [-0.15, -0.1) is 0 Å². The summed E-state index contributed by atoms with van der Waals surface area (Å²) < 4.78 is 13.3. The van der Waals surface area contributed by atoms with E-state index in [0.29, 0.717) is 6.54 Å². The van der Waals surface area contributed by atoms with Gasteiger partial charge in [-0.05, 0) is 42.7 Å². The predicted molar refractivity (Wildman–Crippen MR) is 103 cm³/mol. The van der Waals surface area contributed by atoms with Crippen molar-refractivity contribution in [1.82, 2.24) is 15.1 Å². The fourth-order valence-electron chi connectivity index (χ4n) is 3.93. The Labute approximate surface area is 158 Å². The monoisotopic (exact) mass is 363 g/mol. The first-order valence-corrected chi connectivity index (χ1v) is 9.27. The molecule has 4 nitrogen and oxygen atoms in total. The number of hydrogen-bond acceptors (Lipinski definition) is 2. The number of aromatic amines is 1. The summed E-state index contributed by atoms with van der Waals surface area (Å²) in [6.45, 7) is 2.31. The van der Waals surface area contributed by atoms with Crippen LogP contribution in [0.25, 0.3) is 11.3 Å². The second-order valence-electron chi connectivity index (χ2n) is 6.97. The smallest absolute Gasteiger partial charge is 0.219 e. The summed E-state index contributed by atoms with van der Waals surface area (Å²) in [5.74, 6) is -0.195. The Morgan fingerprint density at radius 3 is 2.63 bits per heavy atom. The molecule has 1 amide bonds. The van der Waals surface area contributed by atoms with Gasteiger partial charge in [0.15, 0.2) is 0 Å². The standard InChI is InChI=1S/C22H22FN3O/c1-15(27)26-14-13-19-21(20(26)12-7-16-5-3-2-4-6-16)22(25-24-19)17-8-10-18(23)11-9-17/h2-6,8-11,20H,7,12-14H2,1H3,(H,24,25). The third-order valence-corrected chi connectivity index (χ3v) is 5.27. The summed E-state index contributed by atoms with van der Waals surface area (Å²) in [6, 6.07) is 16.6. The zero-order chi connectivity index (χ0) is 18.8. The van der Waals surface area contributed by atoms with E-state index in [1.165, 1.54) is 17.7 Å². The molecule has 0 radical (unpaired) electrons. The first-order valence-electron chi connectivity index (χ1n) is 9.27. The van der Waals surface area contributed by atoms with Crippen LogP contribution in [-0.4, -0.2) is 27.5 Å². The van der Waals surface area contributed by atoms with Crippen LogP contribution in [-0.2, 0) is 17.6 Å². The van der Waals surface area contributed by atoms with Crippen molar-refractivity contribution >= 4 is 5.91 Å². The molecule has 1 aliphatic rings. The first-order chi connectivity index (χ1) is 13.1. The van der Waals surface area contributed by atoms with Gasteiger partial charge in [0.1, 0.15) is 5.82 Å². The molecule has 0 saturated heterocycles. The van der Waals surface area contributed by atoms with Crippen molar-refractivity contribution in [2.45, 2.75) is 32.2 Å². The Balaban J connectivity index is 1.71. The molecule has 1 N–H and O–H groups in total. The van der Waals surface area contributed by atoms with E-state index in [0.717, 1.165) is 41.8 Å². The second kappa shape index (κ2) is 7.35. The molecule has 5 heteroatoms. The number of halogens is 1. The summed E-state index contributed by atoms with van der Waals surface area (Å²) >= 11 is 0. The Bertz CT molecular complexity index is 934. The minimum Gasteiger partial charge on any atom is -0.335 e. The number of amides is 1. The Kier molecular flexibility index (Phi) is 4.75. The number of hydrogen-bond donors (Lipinski definition) is 1. The summed E-state index contributed by atoms with van der Waals surface area (Å²) in [7, 11) is 0. The number of H-pyrrole nitrogens is 1. The molecule has 0 fully saturated rings. The van der Waals surface area contributed by atoms with Gasteiger partial charge in [0.05, 0.1) is 11.7 Å². The van der Waals surface area contributed by atoms with E-state index >= 15 is 0 Å². The van der Waals surface area contributed by atoms with Crippen LogP contribution in [0.3, 0.4) is 0 Å². The number of carbonyl (C=O) groups is 1. The van der Waals surface area contributed by atoms with Crippen molar-refractivity contribution in [1.29, 1.82) is 0 Å². The molecule has 0 aliphatic carbocycles. The van der Waals surface area contributed by atoms with Crippen molar-refractivity contribution < 1.29 is 9.18 Å². The molecule has 2 aromatic carbocycles. The molecule has 0 bridgehead atoms. The summed E-state index contributed by atoms with van der Waals surface area (Å²) in [5, 5.41) is 7.66. The maximum Gasteiger partial charge on any atom is 0.219 e. The number of aromatic nitrogens is 2.